The number of nitrogens with two attached hydrogens (primary N) is 1. The van der Waals surface area contributed by atoms with Crippen molar-refractivity contribution in [3.8, 4) is 5.75 Å². The number of ether oxygens (including phenoxy) is 1. The minimum Gasteiger partial charge on any atom is -0.493 e. The summed E-state index contributed by atoms with van der Waals surface area (Å²) in [4.78, 5) is 0. The first-order valence-corrected chi connectivity index (χ1v) is 7.41. The standard InChI is InChI=1S/C15H27N3O/c1-10(2)18-15(13(19-4)9-17-18)14(16)12-7-5-6-11(3)8-12/h9-12,14H,5-8,16H2,1-4H3. The van der Waals surface area contributed by atoms with E-state index >= 15 is 0 Å². The molecule has 0 radical (unpaired) electrons. The van der Waals surface area contributed by atoms with Crippen molar-refractivity contribution in [1.82, 2.24) is 9.78 Å². The topological polar surface area (TPSA) is 53.1 Å². The van der Waals surface area contributed by atoms with Gasteiger partial charge in [-0.2, -0.15) is 5.10 Å². The Bertz CT molecular complexity index is 414. The van der Waals surface area contributed by atoms with Crippen LogP contribution in [-0.2, 0) is 0 Å². The number of aromatic nitrogens is 2. The smallest absolute Gasteiger partial charge is 0.161 e. The van der Waals surface area contributed by atoms with Gasteiger partial charge in [-0.05, 0) is 38.5 Å². The zero-order chi connectivity index (χ0) is 14.0. The molecule has 1 aromatic heterocycles. The summed E-state index contributed by atoms with van der Waals surface area (Å²) in [7, 11) is 1.70. The zero-order valence-electron chi connectivity index (χ0n) is 12.6. The third-order valence-corrected chi connectivity index (χ3v) is 4.31. The van der Waals surface area contributed by atoms with Crippen LogP contribution >= 0.6 is 0 Å². The molecule has 1 aromatic rings. The molecule has 0 aromatic carbocycles. The highest BCUT2D eigenvalue weighted by molar-refractivity contribution is 5.29. The molecule has 2 rings (SSSR count). The van der Waals surface area contributed by atoms with Crippen LogP contribution in [0.3, 0.4) is 0 Å². The molecule has 4 heteroatoms. The molecule has 0 aliphatic heterocycles. The molecule has 0 bridgehead atoms. The van der Waals surface area contributed by atoms with Crippen LogP contribution in [-0.4, -0.2) is 16.9 Å². The molecule has 0 spiro atoms. The first kappa shape index (κ1) is 14.4. The molecule has 1 aliphatic carbocycles. The Kier molecular flexibility index (Phi) is 4.50. The van der Waals surface area contributed by atoms with Crippen molar-refractivity contribution < 1.29 is 4.74 Å². The van der Waals surface area contributed by atoms with Crippen molar-refractivity contribution in [1.29, 1.82) is 0 Å². The Morgan fingerprint density at radius 3 is 2.74 bits per heavy atom. The number of hydrogen-bond acceptors (Lipinski definition) is 3. The highest BCUT2D eigenvalue weighted by Gasteiger charge is 2.30. The summed E-state index contributed by atoms with van der Waals surface area (Å²) in [6.07, 6.45) is 6.86. The van der Waals surface area contributed by atoms with Crippen molar-refractivity contribution in [3.63, 3.8) is 0 Å². The zero-order valence-corrected chi connectivity index (χ0v) is 12.6. The average Bonchev–Trinajstić information content (AvgIpc) is 2.81. The van der Waals surface area contributed by atoms with E-state index < -0.39 is 0 Å². The van der Waals surface area contributed by atoms with Gasteiger partial charge in [0.2, 0.25) is 0 Å². The van der Waals surface area contributed by atoms with Crippen LogP contribution in [0, 0.1) is 11.8 Å². The Morgan fingerprint density at radius 2 is 2.16 bits per heavy atom. The van der Waals surface area contributed by atoms with Gasteiger partial charge in [-0.15, -0.1) is 0 Å². The van der Waals surface area contributed by atoms with Gasteiger partial charge in [-0.1, -0.05) is 19.8 Å². The summed E-state index contributed by atoms with van der Waals surface area (Å²) < 4.78 is 7.47. The Hall–Kier alpha value is -1.03. The molecule has 0 saturated heterocycles. The van der Waals surface area contributed by atoms with Crippen LogP contribution < -0.4 is 10.5 Å². The van der Waals surface area contributed by atoms with Crippen molar-refractivity contribution in [3.05, 3.63) is 11.9 Å². The van der Waals surface area contributed by atoms with Gasteiger partial charge in [-0.3, -0.25) is 4.68 Å². The van der Waals surface area contributed by atoms with E-state index in [-0.39, 0.29) is 6.04 Å². The van der Waals surface area contributed by atoms with Crippen LogP contribution in [0.5, 0.6) is 5.75 Å². The average molecular weight is 265 g/mol. The van der Waals surface area contributed by atoms with E-state index in [4.69, 9.17) is 10.5 Å². The van der Waals surface area contributed by atoms with E-state index in [1.807, 2.05) is 4.68 Å². The maximum absolute atomic E-state index is 6.55. The molecule has 1 fully saturated rings. The number of nitrogens with zero attached hydrogens (tertiary/aromatic N) is 2. The predicted octanol–water partition coefficient (Wildman–Crippen LogP) is 3.30. The second kappa shape index (κ2) is 5.95. The molecule has 2 N–H and O–H groups in total. The van der Waals surface area contributed by atoms with Gasteiger partial charge in [0.05, 0.1) is 25.0 Å². The largest absolute Gasteiger partial charge is 0.493 e. The van der Waals surface area contributed by atoms with E-state index in [9.17, 15) is 0 Å². The second-order valence-electron chi connectivity index (χ2n) is 6.19. The minimum absolute atomic E-state index is 0.0302. The summed E-state index contributed by atoms with van der Waals surface area (Å²) in [5, 5.41) is 4.43. The van der Waals surface area contributed by atoms with Crippen LogP contribution in [0.15, 0.2) is 6.20 Å². The molecular formula is C15H27N3O. The van der Waals surface area contributed by atoms with Crippen molar-refractivity contribution in [2.45, 2.75) is 58.5 Å². The highest BCUT2D eigenvalue weighted by atomic mass is 16.5. The van der Waals surface area contributed by atoms with Crippen LogP contribution in [0.2, 0.25) is 0 Å². The number of hydrogen-bond donors (Lipinski definition) is 1. The van der Waals surface area contributed by atoms with Gasteiger partial charge in [0.25, 0.3) is 0 Å². The predicted molar refractivity (Wildman–Crippen MR) is 77.2 cm³/mol. The number of rotatable bonds is 4. The molecule has 19 heavy (non-hydrogen) atoms. The molecule has 1 heterocycles. The maximum atomic E-state index is 6.55. The van der Waals surface area contributed by atoms with Gasteiger partial charge >= 0.3 is 0 Å². The fourth-order valence-electron chi connectivity index (χ4n) is 3.27. The molecule has 0 amide bonds. The maximum Gasteiger partial charge on any atom is 0.161 e. The molecular weight excluding hydrogens is 238 g/mol. The minimum atomic E-state index is 0.0302. The first-order chi connectivity index (χ1) is 9.04. The van der Waals surface area contributed by atoms with Crippen LogP contribution in [0.25, 0.3) is 0 Å². The van der Waals surface area contributed by atoms with Gasteiger partial charge < -0.3 is 10.5 Å². The van der Waals surface area contributed by atoms with Crippen LogP contribution in [0.1, 0.15) is 64.2 Å². The summed E-state index contributed by atoms with van der Waals surface area (Å²) in [6.45, 7) is 6.59. The molecule has 4 nitrogen and oxygen atoms in total. The molecule has 3 atom stereocenters. The Balaban J connectivity index is 2.26. The fourth-order valence-corrected chi connectivity index (χ4v) is 3.27. The van der Waals surface area contributed by atoms with E-state index in [0.717, 1.165) is 17.4 Å². The first-order valence-electron chi connectivity index (χ1n) is 7.41. The lowest BCUT2D eigenvalue weighted by atomic mass is 9.78. The summed E-state index contributed by atoms with van der Waals surface area (Å²) >= 11 is 0. The highest BCUT2D eigenvalue weighted by Crippen LogP contribution is 2.39. The van der Waals surface area contributed by atoms with Crippen molar-refractivity contribution >= 4 is 0 Å². The monoisotopic (exact) mass is 265 g/mol. The quantitative estimate of drug-likeness (QED) is 0.908. The van der Waals surface area contributed by atoms with Gasteiger partial charge in [0.1, 0.15) is 0 Å². The Labute approximate surface area is 116 Å². The van der Waals surface area contributed by atoms with Gasteiger partial charge in [-0.25, -0.2) is 0 Å². The lowest BCUT2D eigenvalue weighted by Gasteiger charge is -2.32. The molecule has 3 unspecified atom stereocenters. The summed E-state index contributed by atoms with van der Waals surface area (Å²) in [6, 6.07) is 0.341. The Morgan fingerprint density at radius 1 is 1.42 bits per heavy atom. The summed E-state index contributed by atoms with van der Waals surface area (Å²) in [5.74, 6) is 2.16. The lowest BCUT2D eigenvalue weighted by Crippen LogP contribution is -2.29. The number of methoxy groups -OCH3 is 1. The second-order valence-corrected chi connectivity index (χ2v) is 6.19. The SMILES string of the molecule is COc1cnn(C(C)C)c1C(N)C1CCCC(C)C1. The van der Waals surface area contributed by atoms with E-state index in [1.165, 1.54) is 25.7 Å². The third-order valence-electron chi connectivity index (χ3n) is 4.31. The normalized spacial score (nSPS) is 25.6. The van der Waals surface area contributed by atoms with Gasteiger partial charge in [0, 0.05) is 6.04 Å². The van der Waals surface area contributed by atoms with Crippen LogP contribution in [0.4, 0.5) is 0 Å². The van der Waals surface area contributed by atoms with Gasteiger partial charge in [0.15, 0.2) is 5.75 Å². The molecule has 108 valence electrons. The van der Waals surface area contributed by atoms with E-state index in [0.29, 0.717) is 12.0 Å². The molecule has 1 saturated carbocycles. The fraction of sp³-hybridized carbons (Fsp3) is 0.800. The lowest BCUT2D eigenvalue weighted by molar-refractivity contribution is 0.237. The van der Waals surface area contributed by atoms with Crippen molar-refractivity contribution in [2.75, 3.05) is 7.11 Å². The van der Waals surface area contributed by atoms with E-state index in [2.05, 4.69) is 25.9 Å². The third kappa shape index (κ3) is 2.94. The summed E-state index contributed by atoms with van der Waals surface area (Å²) in [5.41, 5.74) is 7.62. The van der Waals surface area contributed by atoms with E-state index in [1.54, 1.807) is 13.3 Å². The van der Waals surface area contributed by atoms with Crippen molar-refractivity contribution in [2.24, 2.45) is 17.6 Å². The molecule has 1 aliphatic rings.